The Hall–Kier alpha value is -2.45. The third-order valence-electron chi connectivity index (χ3n) is 5.16. The highest BCUT2D eigenvalue weighted by molar-refractivity contribution is 7.99. The van der Waals surface area contributed by atoms with E-state index in [-0.39, 0.29) is 17.6 Å². The maximum Gasteiger partial charge on any atom is 0.234 e. The summed E-state index contributed by atoms with van der Waals surface area (Å²) in [5.41, 5.74) is 4.07. The van der Waals surface area contributed by atoms with Gasteiger partial charge in [0.1, 0.15) is 10.7 Å². The molecule has 4 aromatic rings. The van der Waals surface area contributed by atoms with E-state index in [0.717, 1.165) is 33.8 Å². The fraction of sp³-hybridized carbons (Fsp3) is 0.364. The number of rotatable bonds is 6. The lowest BCUT2D eigenvalue weighted by Gasteiger charge is -2.10. The van der Waals surface area contributed by atoms with E-state index in [4.69, 9.17) is 4.98 Å². The van der Waals surface area contributed by atoms with E-state index < -0.39 is 0 Å². The minimum atomic E-state index is -0.0660. The number of thioether (sulfide) groups is 1. The number of benzene rings is 1. The van der Waals surface area contributed by atoms with Crippen LogP contribution in [0, 0.1) is 13.8 Å². The number of hydrogen-bond donors (Lipinski definition) is 1. The Balaban J connectivity index is 1.61. The van der Waals surface area contributed by atoms with Crippen molar-refractivity contribution in [3.63, 3.8) is 0 Å². The topological polar surface area (TPSA) is 72.2 Å². The summed E-state index contributed by atoms with van der Waals surface area (Å²) in [6.45, 7) is 10.5. The minimum Gasteiger partial charge on any atom is -0.325 e. The van der Waals surface area contributed by atoms with Gasteiger partial charge in [-0.05, 0) is 43.5 Å². The molecule has 30 heavy (non-hydrogen) atoms. The first-order valence-electron chi connectivity index (χ1n) is 10.0. The Bertz CT molecular complexity index is 1220. The highest BCUT2D eigenvalue weighted by atomic mass is 32.2. The molecule has 0 atom stereocenters. The van der Waals surface area contributed by atoms with Crippen LogP contribution in [-0.4, -0.2) is 31.2 Å². The van der Waals surface area contributed by atoms with Gasteiger partial charge in [0.05, 0.1) is 11.1 Å². The van der Waals surface area contributed by atoms with Crippen LogP contribution in [0.4, 0.5) is 5.69 Å². The molecule has 3 aromatic heterocycles. The molecule has 0 aliphatic carbocycles. The fourth-order valence-corrected chi connectivity index (χ4v) is 5.15. The molecular weight excluding hydrogens is 414 g/mol. The second-order valence-corrected chi connectivity index (χ2v) is 9.76. The standard InChI is InChI=1S/C22H25N5OS2/c1-6-15-7-9-16(10-8-15)23-17(28)11-29-22-26-25-20-18-13(4)14(5)30-21(18)24-19(12(2)3)27(20)22/h7-10,12H,6,11H2,1-5H3,(H,23,28). The Labute approximate surface area is 184 Å². The smallest absolute Gasteiger partial charge is 0.234 e. The van der Waals surface area contributed by atoms with Gasteiger partial charge < -0.3 is 5.32 Å². The summed E-state index contributed by atoms with van der Waals surface area (Å²) in [5.74, 6) is 1.32. The van der Waals surface area contributed by atoms with Gasteiger partial charge in [-0.15, -0.1) is 21.5 Å². The number of amides is 1. The molecule has 8 heteroatoms. The van der Waals surface area contributed by atoms with Gasteiger partial charge in [0.15, 0.2) is 10.8 Å². The lowest BCUT2D eigenvalue weighted by molar-refractivity contribution is -0.113. The summed E-state index contributed by atoms with van der Waals surface area (Å²) in [4.78, 5) is 19.6. The largest absolute Gasteiger partial charge is 0.325 e. The number of aryl methyl sites for hydroxylation is 3. The molecule has 0 spiro atoms. The van der Waals surface area contributed by atoms with Gasteiger partial charge in [-0.3, -0.25) is 9.20 Å². The molecule has 0 saturated carbocycles. The predicted octanol–water partition coefficient (Wildman–Crippen LogP) is 5.37. The molecule has 1 N–H and O–H groups in total. The zero-order chi connectivity index (χ0) is 21.4. The molecule has 6 nitrogen and oxygen atoms in total. The van der Waals surface area contributed by atoms with Crippen LogP contribution in [0.25, 0.3) is 15.9 Å². The Kier molecular flexibility index (Phi) is 5.79. The lowest BCUT2D eigenvalue weighted by atomic mass is 10.1. The summed E-state index contributed by atoms with van der Waals surface area (Å²) in [6.07, 6.45) is 0.979. The van der Waals surface area contributed by atoms with Crippen molar-refractivity contribution in [2.24, 2.45) is 0 Å². The van der Waals surface area contributed by atoms with Crippen molar-refractivity contribution in [1.82, 2.24) is 19.6 Å². The molecule has 0 aliphatic rings. The highest BCUT2D eigenvalue weighted by Gasteiger charge is 2.21. The molecule has 4 rings (SSSR count). The summed E-state index contributed by atoms with van der Waals surface area (Å²) in [7, 11) is 0. The van der Waals surface area contributed by atoms with Crippen LogP contribution in [0.1, 0.15) is 48.5 Å². The van der Waals surface area contributed by atoms with Gasteiger partial charge >= 0.3 is 0 Å². The van der Waals surface area contributed by atoms with Crippen LogP contribution < -0.4 is 5.32 Å². The number of nitrogens with one attached hydrogen (secondary N) is 1. The summed E-state index contributed by atoms with van der Waals surface area (Å²) >= 11 is 3.08. The van der Waals surface area contributed by atoms with Crippen LogP contribution in [0.3, 0.4) is 0 Å². The lowest BCUT2D eigenvalue weighted by Crippen LogP contribution is -2.14. The molecule has 0 radical (unpaired) electrons. The molecule has 0 saturated heterocycles. The number of thiophene rings is 1. The Morgan fingerprint density at radius 1 is 1.20 bits per heavy atom. The van der Waals surface area contributed by atoms with E-state index in [1.54, 1.807) is 11.3 Å². The highest BCUT2D eigenvalue weighted by Crippen LogP contribution is 2.34. The predicted molar refractivity (Wildman–Crippen MR) is 125 cm³/mol. The van der Waals surface area contributed by atoms with Gasteiger partial charge in [0.2, 0.25) is 5.91 Å². The number of anilines is 1. The van der Waals surface area contributed by atoms with Crippen molar-refractivity contribution in [3.8, 4) is 0 Å². The second-order valence-electron chi connectivity index (χ2n) is 7.62. The minimum absolute atomic E-state index is 0.0660. The van der Waals surface area contributed by atoms with Crippen LogP contribution >= 0.6 is 23.1 Å². The number of fused-ring (bicyclic) bond motifs is 3. The van der Waals surface area contributed by atoms with E-state index in [0.29, 0.717) is 5.16 Å². The third kappa shape index (κ3) is 3.81. The molecular formula is C22H25N5OS2. The van der Waals surface area contributed by atoms with E-state index in [1.807, 2.05) is 28.7 Å². The van der Waals surface area contributed by atoms with Crippen molar-refractivity contribution >= 4 is 50.6 Å². The normalized spacial score (nSPS) is 11.7. The quantitative estimate of drug-likeness (QED) is 0.409. The van der Waals surface area contributed by atoms with Crippen LogP contribution in [0.15, 0.2) is 29.4 Å². The molecule has 0 fully saturated rings. The molecule has 0 aliphatic heterocycles. The summed E-state index contributed by atoms with van der Waals surface area (Å²) in [5, 5.41) is 13.6. The van der Waals surface area contributed by atoms with Crippen molar-refractivity contribution in [2.45, 2.75) is 52.1 Å². The van der Waals surface area contributed by atoms with Gasteiger partial charge in [-0.25, -0.2) is 4.98 Å². The van der Waals surface area contributed by atoms with Gasteiger partial charge in [-0.2, -0.15) is 0 Å². The van der Waals surface area contributed by atoms with E-state index >= 15 is 0 Å². The van der Waals surface area contributed by atoms with Crippen LogP contribution in [-0.2, 0) is 11.2 Å². The molecule has 3 heterocycles. The number of carbonyl (C=O) groups is 1. The average Bonchev–Trinajstić information content (AvgIpc) is 3.27. The van der Waals surface area contributed by atoms with Crippen LogP contribution in [0.2, 0.25) is 0 Å². The van der Waals surface area contributed by atoms with Crippen LogP contribution in [0.5, 0.6) is 0 Å². The monoisotopic (exact) mass is 439 g/mol. The number of nitrogens with zero attached hydrogens (tertiary/aromatic N) is 4. The average molecular weight is 440 g/mol. The van der Waals surface area contributed by atoms with Crippen molar-refractivity contribution in [1.29, 1.82) is 0 Å². The number of aromatic nitrogens is 4. The first kappa shape index (κ1) is 20.8. The van der Waals surface area contributed by atoms with Gasteiger partial charge in [0.25, 0.3) is 0 Å². The van der Waals surface area contributed by atoms with Crippen molar-refractivity contribution < 1.29 is 4.79 Å². The molecule has 1 aromatic carbocycles. The molecule has 0 bridgehead atoms. The third-order valence-corrected chi connectivity index (χ3v) is 7.19. The maximum atomic E-state index is 12.5. The van der Waals surface area contributed by atoms with E-state index in [9.17, 15) is 4.79 Å². The van der Waals surface area contributed by atoms with Gasteiger partial charge in [0, 0.05) is 16.5 Å². The Morgan fingerprint density at radius 2 is 1.93 bits per heavy atom. The number of carbonyl (C=O) groups excluding carboxylic acids is 1. The Morgan fingerprint density at radius 3 is 2.60 bits per heavy atom. The molecule has 0 unspecified atom stereocenters. The maximum absolute atomic E-state index is 12.5. The molecule has 1 amide bonds. The van der Waals surface area contributed by atoms with Gasteiger partial charge in [-0.1, -0.05) is 44.7 Å². The second kappa shape index (κ2) is 8.35. The molecule has 156 valence electrons. The first-order chi connectivity index (χ1) is 14.4. The SMILES string of the molecule is CCc1ccc(NC(=O)CSc2nnc3c4c(C)c(C)sc4nc(C(C)C)n23)cc1. The zero-order valence-corrected chi connectivity index (χ0v) is 19.4. The number of hydrogen-bond acceptors (Lipinski definition) is 6. The van der Waals surface area contributed by atoms with Crippen molar-refractivity contribution in [3.05, 3.63) is 46.1 Å². The summed E-state index contributed by atoms with van der Waals surface area (Å²) in [6, 6.07) is 7.94. The first-order valence-corrected chi connectivity index (χ1v) is 11.9. The van der Waals surface area contributed by atoms with E-state index in [2.05, 4.69) is 50.1 Å². The fourth-order valence-electron chi connectivity index (χ4n) is 3.38. The van der Waals surface area contributed by atoms with E-state index in [1.165, 1.54) is 27.8 Å². The van der Waals surface area contributed by atoms with Crippen molar-refractivity contribution in [2.75, 3.05) is 11.1 Å². The summed E-state index contributed by atoms with van der Waals surface area (Å²) < 4.78 is 2.01. The zero-order valence-electron chi connectivity index (χ0n) is 17.8.